The van der Waals surface area contributed by atoms with Gasteiger partial charge in [-0.1, -0.05) is 6.92 Å². The van der Waals surface area contributed by atoms with Gasteiger partial charge < -0.3 is 10.3 Å². The van der Waals surface area contributed by atoms with Crippen molar-refractivity contribution >= 4 is 39.3 Å². The van der Waals surface area contributed by atoms with Crippen LogP contribution in [0.15, 0.2) is 10.8 Å². The summed E-state index contributed by atoms with van der Waals surface area (Å²) in [6.07, 6.45) is 1.54. The number of hydrogen-bond donors (Lipinski definition) is 2. The molecule has 1 aromatic heterocycles. The second kappa shape index (κ2) is 5.41. The van der Waals surface area contributed by atoms with Crippen molar-refractivity contribution in [2.45, 2.75) is 25.1 Å². The number of nitrogens with two attached hydrogens (primary N) is 1. The van der Waals surface area contributed by atoms with Crippen LogP contribution >= 0.6 is 27.7 Å². The van der Waals surface area contributed by atoms with Crippen LogP contribution < -0.4 is 16.2 Å². The van der Waals surface area contributed by atoms with Crippen LogP contribution in [0.4, 0.5) is 11.6 Å². The Morgan fingerprint density at radius 1 is 1.53 bits per heavy atom. The molecule has 0 saturated carbocycles. The normalized spacial score (nSPS) is 24.8. The van der Waals surface area contributed by atoms with Gasteiger partial charge in [0.2, 0.25) is 0 Å². The van der Waals surface area contributed by atoms with Gasteiger partial charge in [-0.15, -0.1) is 0 Å². The summed E-state index contributed by atoms with van der Waals surface area (Å²) in [5.74, 6) is 8.06. The molecule has 0 amide bonds. The lowest BCUT2D eigenvalue weighted by molar-refractivity contribution is 0.618. The standard InChI is InChI=1S/C10H16BrN5S/c1-6-7(2)17-4-3-16(6)10-8(11)9(15-12)13-5-14-10/h5-7H,3-4,12H2,1-2H3,(H,13,14,15). The lowest BCUT2D eigenvalue weighted by Crippen LogP contribution is -2.45. The summed E-state index contributed by atoms with van der Waals surface area (Å²) in [5, 5.41) is 0.597. The molecule has 2 atom stereocenters. The minimum absolute atomic E-state index is 0.450. The van der Waals surface area contributed by atoms with Gasteiger partial charge in [0.1, 0.15) is 16.6 Å². The molecule has 2 heterocycles. The van der Waals surface area contributed by atoms with Crippen LogP contribution in [0.2, 0.25) is 0 Å². The average Bonchev–Trinajstić information content (AvgIpc) is 2.33. The van der Waals surface area contributed by atoms with Crippen molar-refractivity contribution in [2.75, 3.05) is 22.6 Å². The summed E-state index contributed by atoms with van der Waals surface area (Å²) in [4.78, 5) is 10.7. The van der Waals surface area contributed by atoms with Crippen LogP contribution in [0.3, 0.4) is 0 Å². The Hall–Kier alpha value is -0.530. The van der Waals surface area contributed by atoms with Crippen molar-refractivity contribution in [1.82, 2.24) is 9.97 Å². The molecule has 17 heavy (non-hydrogen) atoms. The molecule has 0 aliphatic carbocycles. The van der Waals surface area contributed by atoms with Gasteiger partial charge in [-0.2, -0.15) is 11.8 Å². The highest BCUT2D eigenvalue weighted by Crippen LogP contribution is 2.34. The largest absolute Gasteiger partial charge is 0.351 e. The van der Waals surface area contributed by atoms with Gasteiger partial charge in [-0.3, -0.25) is 0 Å². The fourth-order valence-electron chi connectivity index (χ4n) is 1.89. The van der Waals surface area contributed by atoms with Crippen LogP contribution in [0, 0.1) is 0 Å². The molecular formula is C10H16BrN5S. The quantitative estimate of drug-likeness (QED) is 0.641. The average molecular weight is 318 g/mol. The summed E-state index contributed by atoms with van der Waals surface area (Å²) in [7, 11) is 0. The third kappa shape index (κ3) is 2.51. The summed E-state index contributed by atoms with van der Waals surface area (Å²) >= 11 is 5.51. The fraction of sp³-hybridized carbons (Fsp3) is 0.600. The number of anilines is 2. The second-order valence-corrected chi connectivity index (χ2v) is 6.29. The molecule has 0 spiro atoms. The minimum atomic E-state index is 0.450. The van der Waals surface area contributed by atoms with Crippen LogP contribution in [-0.4, -0.2) is 33.6 Å². The fourth-order valence-corrected chi connectivity index (χ4v) is 3.54. The molecule has 2 unspecified atom stereocenters. The van der Waals surface area contributed by atoms with E-state index >= 15 is 0 Å². The Labute approximate surface area is 114 Å². The first-order chi connectivity index (χ1) is 8.15. The number of nitrogen functional groups attached to an aromatic ring is 1. The van der Waals surface area contributed by atoms with E-state index in [1.807, 2.05) is 11.8 Å². The predicted octanol–water partition coefficient (Wildman–Crippen LogP) is 1.85. The Bertz CT molecular complexity index is 402. The van der Waals surface area contributed by atoms with Gasteiger partial charge in [-0.05, 0) is 22.9 Å². The molecule has 5 nitrogen and oxygen atoms in total. The van der Waals surface area contributed by atoms with E-state index in [0.29, 0.717) is 17.1 Å². The topological polar surface area (TPSA) is 67.1 Å². The third-order valence-electron chi connectivity index (χ3n) is 3.06. The summed E-state index contributed by atoms with van der Waals surface area (Å²) in [6, 6.07) is 0.450. The zero-order valence-electron chi connectivity index (χ0n) is 9.85. The Balaban J connectivity index is 2.33. The molecule has 0 radical (unpaired) electrons. The molecule has 1 aliphatic heterocycles. The summed E-state index contributed by atoms with van der Waals surface area (Å²) in [6.45, 7) is 5.47. The highest BCUT2D eigenvalue weighted by molar-refractivity contribution is 9.10. The number of hydrogen-bond acceptors (Lipinski definition) is 6. The number of nitrogens with one attached hydrogen (secondary N) is 1. The van der Waals surface area contributed by atoms with Crippen molar-refractivity contribution in [3.8, 4) is 0 Å². The first kappa shape index (κ1) is 12.9. The lowest BCUT2D eigenvalue weighted by Gasteiger charge is -2.38. The van der Waals surface area contributed by atoms with E-state index in [4.69, 9.17) is 5.84 Å². The molecule has 3 N–H and O–H groups in total. The molecule has 7 heteroatoms. The highest BCUT2D eigenvalue weighted by Gasteiger charge is 2.28. The maximum Gasteiger partial charge on any atom is 0.159 e. The maximum absolute atomic E-state index is 5.42. The lowest BCUT2D eigenvalue weighted by atomic mass is 10.2. The summed E-state index contributed by atoms with van der Waals surface area (Å²) < 4.78 is 0.827. The zero-order valence-corrected chi connectivity index (χ0v) is 12.3. The molecule has 1 saturated heterocycles. The SMILES string of the molecule is CC1SCCN(c2ncnc(NN)c2Br)C1C. The predicted molar refractivity (Wildman–Crippen MR) is 76.3 cm³/mol. The number of hydrazine groups is 1. The van der Waals surface area contributed by atoms with Crippen molar-refractivity contribution in [2.24, 2.45) is 5.84 Å². The van der Waals surface area contributed by atoms with Gasteiger partial charge in [0, 0.05) is 23.6 Å². The number of nitrogens with zero attached hydrogens (tertiary/aromatic N) is 3. The van der Waals surface area contributed by atoms with Gasteiger partial charge >= 0.3 is 0 Å². The monoisotopic (exact) mass is 317 g/mol. The molecule has 0 bridgehead atoms. The molecule has 2 rings (SSSR count). The molecule has 94 valence electrons. The van der Waals surface area contributed by atoms with E-state index in [1.165, 1.54) is 6.33 Å². The molecule has 1 aromatic rings. The van der Waals surface area contributed by atoms with Crippen LogP contribution in [0.1, 0.15) is 13.8 Å². The first-order valence-corrected chi connectivity index (χ1v) is 7.34. The third-order valence-corrected chi connectivity index (χ3v) is 5.13. The molecule has 1 fully saturated rings. The first-order valence-electron chi connectivity index (χ1n) is 5.50. The van der Waals surface area contributed by atoms with Crippen LogP contribution in [-0.2, 0) is 0 Å². The van der Waals surface area contributed by atoms with Crippen molar-refractivity contribution in [3.05, 3.63) is 10.8 Å². The molecule has 0 aromatic carbocycles. The smallest absolute Gasteiger partial charge is 0.159 e. The minimum Gasteiger partial charge on any atom is -0.351 e. The Kier molecular flexibility index (Phi) is 4.11. The maximum atomic E-state index is 5.42. The zero-order chi connectivity index (χ0) is 12.4. The number of rotatable bonds is 2. The van der Waals surface area contributed by atoms with Gasteiger partial charge in [0.15, 0.2) is 5.82 Å². The van der Waals surface area contributed by atoms with E-state index in [2.05, 4.69) is 50.1 Å². The number of halogens is 1. The Morgan fingerprint density at radius 2 is 2.29 bits per heavy atom. The van der Waals surface area contributed by atoms with E-state index in [9.17, 15) is 0 Å². The molecular weight excluding hydrogens is 302 g/mol. The Morgan fingerprint density at radius 3 is 3.00 bits per heavy atom. The number of aromatic nitrogens is 2. The van der Waals surface area contributed by atoms with Crippen molar-refractivity contribution in [1.29, 1.82) is 0 Å². The number of thioether (sulfide) groups is 1. The van der Waals surface area contributed by atoms with Gasteiger partial charge in [-0.25, -0.2) is 15.8 Å². The molecule has 1 aliphatic rings. The summed E-state index contributed by atoms with van der Waals surface area (Å²) in [5.41, 5.74) is 2.57. The van der Waals surface area contributed by atoms with E-state index in [-0.39, 0.29) is 0 Å². The van der Waals surface area contributed by atoms with Crippen molar-refractivity contribution < 1.29 is 0 Å². The van der Waals surface area contributed by atoms with Crippen LogP contribution in [0.25, 0.3) is 0 Å². The van der Waals surface area contributed by atoms with E-state index < -0.39 is 0 Å². The van der Waals surface area contributed by atoms with Gasteiger partial charge in [0.05, 0.1) is 0 Å². The van der Waals surface area contributed by atoms with Crippen molar-refractivity contribution in [3.63, 3.8) is 0 Å². The van der Waals surface area contributed by atoms with Gasteiger partial charge in [0.25, 0.3) is 0 Å². The second-order valence-electron chi connectivity index (χ2n) is 4.01. The highest BCUT2D eigenvalue weighted by atomic mass is 79.9. The van der Waals surface area contributed by atoms with Crippen LogP contribution in [0.5, 0.6) is 0 Å². The van der Waals surface area contributed by atoms with E-state index in [0.717, 1.165) is 22.6 Å². The van der Waals surface area contributed by atoms with E-state index in [1.54, 1.807) is 0 Å².